The van der Waals surface area contributed by atoms with Gasteiger partial charge >= 0.3 is 0 Å². The van der Waals surface area contributed by atoms with Gasteiger partial charge in [0.15, 0.2) is 0 Å². The van der Waals surface area contributed by atoms with Crippen LogP contribution in [0.1, 0.15) is 18.4 Å². The Morgan fingerprint density at radius 3 is 2.58 bits per heavy atom. The first-order chi connectivity index (χ1) is 15.0. The Bertz CT molecular complexity index is 1120. The molecule has 5 rings (SSSR count). The Hall–Kier alpha value is -2.49. The second-order valence-corrected chi connectivity index (χ2v) is 9.97. The van der Waals surface area contributed by atoms with E-state index in [4.69, 9.17) is 4.74 Å². The first-order valence-electron chi connectivity index (χ1n) is 10.5. The van der Waals surface area contributed by atoms with Crippen LogP contribution in [0.3, 0.4) is 0 Å². The van der Waals surface area contributed by atoms with Crippen molar-refractivity contribution in [3.8, 4) is 0 Å². The van der Waals surface area contributed by atoms with Crippen LogP contribution in [-0.2, 0) is 26.1 Å². The molecule has 1 atom stereocenters. The second-order valence-electron chi connectivity index (χ2n) is 8.03. The molecule has 0 aliphatic carbocycles. The van der Waals surface area contributed by atoms with Gasteiger partial charge in [-0.3, -0.25) is 4.79 Å². The molecule has 1 amide bonds. The van der Waals surface area contributed by atoms with E-state index in [0.717, 1.165) is 25.1 Å². The molecule has 7 nitrogen and oxygen atoms in total. The smallest absolute Gasteiger partial charge is 0.250 e. The van der Waals surface area contributed by atoms with Crippen molar-refractivity contribution < 1.29 is 22.3 Å². The maximum atomic E-state index is 14.4. The van der Waals surface area contributed by atoms with Gasteiger partial charge in [0.1, 0.15) is 11.9 Å². The number of anilines is 2. The van der Waals surface area contributed by atoms with Gasteiger partial charge in [0.2, 0.25) is 15.9 Å². The third-order valence-electron chi connectivity index (χ3n) is 6.25. The fraction of sp³-hybridized carbons (Fsp3) is 0.409. The summed E-state index contributed by atoms with van der Waals surface area (Å²) >= 11 is 0. The summed E-state index contributed by atoms with van der Waals surface area (Å²) in [4.78, 5) is 17.1. The molecule has 3 aliphatic heterocycles. The van der Waals surface area contributed by atoms with Gasteiger partial charge in [-0.1, -0.05) is 18.2 Å². The molecule has 2 saturated heterocycles. The number of carbonyl (C=O) groups is 1. The maximum Gasteiger partial charge on any atom is 0.250 e. The van der Waals surface area contributed by atoms with Crippen molar-refractivity contribution in [2.45, 2.75) is 30.3 Å². The minimum Gasteiger partial charge on any atom is -0.379 e. The van der Waals surface area contributed by atoms with Gasteiger partial charge in [0.25, 0.3) is 0 Å². The average Bonchev–Trinajstić information content (AvgIpc) is 3.28. The van der Waals surface area contributed by atoms with Gasteiger partial charge in [-0.15, -0.1) is 0 Å². The number of ether oxygens (including phenoxy) is 1. The highest BCUT2D eigenvalue weighted by Crippen LogP contribution is 2.42. The van der Waals surface area contributed by atoms with E-state index >= 15 is 0 Å². The number of nitrogens with zero attached hydrogens (tertiary/aromatic N) is 3. The molecule has 2 fully saturated rings. The zero-order chi connectivity index (χ0) is 21.6. The average molecular weight is 446 g/mol. The lowest BCUT2D eigenvalue weighted by Crippen LogP contribution is -2.50. The van der Waals surface area contributed by atoms with Gasteiger partial charge in [-0.2, -0.15) is 4.31 Å². The van der Waals surface area contributed by atoms with Crippen LogP contribution in [0, 0.1) is 5.82 Å². The molecular formula is C22H24FN3O4S. The summed E-state index contributed by atoms with van der Waals surface area (Å²) < 4.78 is 47.4. The van der Waals surface area contributed by atoms with E-state index < -0.39 is 10.0 Å². The predicted octanol–water partition coefficient (Wildman–Crippen LogP) is 2.36. The third-order valence-corrected chi connectivity index (χ3v) is 8.14. The number of hydrogen-bond donors (Lipinski definition) is 0. The highest BCUT2D eigenvalue weighted by molar-refractivity contribution is 7.89. The second kappa shape index (κ2) is 7.89. The summed E-state index contributed by atoms with van der Waals surface area (Å²) in [5.41, 5.74) is 1.73. The van der Waals surface area contributed by atoms with Crippen LogP contribution in [0.4, 0.5) is 15.8 Å². The highest BCUT2D eigenvalue weighted by Gasteiger charge is 2.41. The first kappa shape index (κ1) is 20.4. The Kier molecular flexibility index (Phi) is 5.19. The lowest BCUT2D eigenvalue weighted by atomic mass is 10.1. The fourth-order valence-corrected chi connectivity index (χ4v) is 6.06. The van der Waals surface area contributed by atoms with E-state index in [2.05, 4.69) is 0 Å². The molecule has 9 heteroatoms. The Morgan fingerprint density at radius 1 is 1.03 bits per heavy atom. The van der Waals surface area contributed by atoms with E-state index in [-0.39, 0.29) is 29.2 Å². The summed E-state index contributed by atoms with van der Waals surface area (Å²) in [5.74, 6) is -0.503. The molecule has 0 saturated carbocycles. The van der Waals surface area contributed by atoms with E-state index in [9.17, 15) is 17.6 Å². The van der Waals surface area contributed by atoms with Crippen LogP contribution in [0.5, 0.6) is 0 Å². The van der Waals surface area contributed by atoms with Crippen molar-refractivity contribution >= 4 is 27.3 Å². The Labute approximate surface area is 181 Å². The number of carbonyl (C=O) groups excluding carboxylic acids is 1. The molecule has 0 N–H and O–H groups in total. The molecule has 0 spiro atoms. The number of benzene rings is 2. The normalized spacial score (nSPS) is 21.8. The van der Waals surface area contributed by atoms with Crippen LogP contribution in [-0.4, -0.2) is 57.5 Å². The lowest BCUT2D eigenvalue weighted by Gasteiger charge is -2.40. The third kappa shape index (κ3) is 3.50. The molecule has 3 aliphatic rings. The van der Waals surface area contributed by atoms with Crippen molar-refractivity contribution in [1.82, 2.24) is 4.31 Å². The maximum absolute atomic E-state index is 14.4. The van der Waals surface area contributed by atoms with E-state index in [1.54, 1.807) is 41.3 Å². The van der Waals surface area contributed by atoms with E-state index in [0.29, 0.717) is 37.6 Å². The largest absolute Gasteiger partial charge is 0.379 e. The fourth-order valence-electron chi connectivity index (χ4n) is 4.63. The Balaban J connectivity index is 1.58. The van der Waals surface area contributed by atoms with E-state index in [1.165, 1.54) is 10.4 Å². The van der Waals surface area contributed by atoms with Crippen LogP contribution < -0.4 is 9.80 Å². The summed E-state index contributed by atoms with van der Waals surface area (Å²) in [7, 11) is -3.72. The number of halogens is 1. The summed E-state index contributed by atoms with van der Waals surface area (Å²) in [6.07, 6.45) is 1.62. The standard InChI is InChI=1S/C22H24FN3O4S/c23-18-5-2-1-4-16(18)15-26-21-14-17(31(28,29)24-10-12-30-13-11-24)7-8-19(21)25-9-3-6-20(25)22(26)27/h1-2,4-5,7-8,14,20H,3,6,9-13,15H2/t20-/m1/s1. The number of rotatable bonds is 4. The molecule has 3 heterocycles. The molecule has 0 bridgehead atoms. The summed E-state index contributed by atoms with van der Waals surface area (Å²) in [6, 6.07) is 11.0. The number of fused-ring (bicyclic) bond motifs is 3. The van der Waals surface area contributed by atoms with Crippen LogP contribution in [0.2, 0.25) is 0 Å². The number of sulfonamides is 1. The molecule has 2 aromatic carbocycles. The van der Waals surface area contributed by atoms with Crippen LogP contribution in [0.15, 0.2) is 47.4 Å². The van der Waals surface area contributed by atoms with Crippen molar-refractivity contribution in [3.63, 3.8) is 0 Å². The Morgan fingerprint density at radius 2 is 1.81 bits per heavy atom. The molecular weight excluding hydrogens is 421 g/mol. The molecule has 31 heavy (non-hydrogen) atoms. The molecule has 2 aromatic rings. The minimum atomic E-state index is -3.72. The zero-order valence-corrected chi connectivity index (χ0v) is 17.9. The van der Waals surface area contributed by atoms with Gasteiger partial charge in [-0.25, -0.2) is 12.8 Å². The highest BCUT2D eigenvalue weighted by atomic mass is 32.2. The predicted molar refractivity (Wildman–Crippen MR) is 114 cm³/mol. The van der Waals surface area contributed by atoms with Crippen LogP contribution >= 0.6 is 0 Å². The van der Waals surface area contributed by atoms with Crippen molar-refractivity contribution in [2.24, 2.45) is 0 Å². The first-order valence-corrected chi connectivity index (χ1v) is 11.9. The zero-order valence-electron chi connectivity index (χ0n) is 17.0. The van der Waals surface area contributed by atoms with Crippen molar-refractivity contribution in [2.75, 3.05) is 42.6 Å². The lowest BCUT2D eigenvalue weighted by molar-refractivity contribution is -0.120. The van der Waals surface area contributed by atoms with Crippen molar-refractivity contribution in [3.05, 3.63) is 53.8 Å². The van der Waals surface area contributed by atoms with Gasteiger partial charge in [0, 0.05) is 25.2 Å². The summed E-state index contributed by atoms with van der Waals surface area (Å²) in [6.45, 7) is 2.11. The molecule has 0 aromatic heterocycles. The number of hydrogen-bond acceptors (Lipinski definition) is 5. The number of amides is 1. The topological polar surface area (TPSA) is 70.2 Å². The summed E-state index contributed by atoms with van der Waals surface area (Å²) in [5, 5.41) is 0. The van der Waals surface area contributed by atoms with Gasteiger partial charge in [0.05, 0.1) is 36.0 Å². The quantitative estimate of drug-likeness (QED) is 0.723. The number of morpholine rings is 1. The van der Waals surface area contributed by atoms with Gasteiger partial charge in [-0.05, 0) is 37.1 Å². The van der Waals surface area contributed by atoms with Gasteiger partial charge < -0.3 is 14.5 Å². The van der Waals surface area contributed by atoms with E-state index in [1.807, 2.05) is 4.90 Å². The minimum absolute atomic E-state index is 0.0594. The molecule has 164 valence electrons. The van der Waals surface area contributed by atoms with Crippen LogP contribution in [0.25, 0.3) is 0 Å². The van der Waals surface area contributed by atoms with Crippen molar-refractivity contribution in [1.29, 1.82) is 0 Å². The monoisotopic (exact) mass is 445 g/mol. The molecule has 0 unspecified atom stereocenters. The molecule has 0 radical (unpaired) electrons. The SMILES string of the molecule is O=C1[C@H]2CCCN2c2ccc(S(=O)(=O)N3CCOCC3)cc2N1Cc1ccccc1F.